The molecule has 0 saturated carbocycles. The summed E-state index contributed by atoms with van der Waals surface area (Å²) in [5, 5.41) is 6.65. The zero-order chi connectivity index (χ0) is 17.8. The normalized spacial score (nSPS) is 14.3. The van der Waals surface area contributed by atoms with E-state index >= 15 is 0 Å². The van der Waals surface area contributed by atoms with Gasteiger partial charge in [0.05, 0.1) is 10.7 Å². The summed E-state index contributed by atoms with van der Waals surface area (Å²) < 4.78 is 7.67. The molecule has 3 rings (SSSR count). The third kappa shape index (κ3) is 4.64. The molecule has 6 nitrogen and oxygen atoms in total. The molecule has 1 aliphatic heterocycles. The molecule has 1 aromatic heterocycles. The minimum Gasteiger partial charge on any atom is -0.438 e. The predicted octanol–water partition coefficient (Wildman–Crippen LogP) is 4.87. The number of hydrazone groups is 1. The number of furan rings is 1. The fourth-order valence-electron chi connectivity index (χ4n) is 2.61. The van der Waals surface area contributed by atoms with Crippen LogP contribution in [0.4, 0.5) is 16.4 Å². The van der Waals surface area contributed by atoms with E-state index in [1.807, 2.05) is 31.2 Å². The zero-order valence-corrected chi connectivity index (χ0v) is 16.9. The molecule has 0 spiro atoms. The van der Waals surface area contributed by atoms with Crippen molar-refractivity contribution < 1.29 is 9.21 Å². The highest BCUT2D eigenvalue weighted by Gasteiger charge is 2.19. The first-order chi connectivity index (χ1) is 12.0. The van der Waals surface area contributed by atoms with Crippen molar-refractivity contribution in [1.29, 1.82) is 0 Å². The van der Waals surface area contributed by atoms with E-state index in [4.69, 9.17) is 4.42 Å². The van der Waals surface area contributed by atoms with Crippen LogP contribution in [-0.4, -0.2) is 25.3 Å². The lowest BCUT2D eigenvalue weighted by Crippen LogP contribution is -2.24. The quantitative estimate of drug-likeness (QED) is 0.495. The highest BCUT2D eigenvalue weighted by Crippen LogP contribution is 2.31. The molecule has 2 heterocycles. The molecular formula is C17H18Br2N4O2. The van der Waals surface area contributed by atoms with E-state index in [1.165, 1.54) is 19.1 Å². The SMILES string of the molecule is Cc1cc(NC(=O)N/N=C/c2cc(Br)c(N3CCCC3)o2)ccc1Br. The maximum absolute atomic E-state index is 11.9. The molecule has 1 aromatic carbocycles. The van der Waals surface area contributed by atoms with Crippen LogP contribution in [0.25, 0.3) is 0 Å². The van der Waals surface area contributed by atoms with Crippen LogP contribution in [-0.2, 0) is 0 Å². The molecule has 1 fully saturated rings. The van der Waals surface area contributed by atoms with Crippen LogP contribution in [0.1, 0.15) is 24.2 Å². The number of carbonyl (C=O) groups is 1. The van der Waals surface area contributed by atoms with E-state index in [9.17, 15) is 4.79 Å². The number of anilines is 2. The summed E-state index contributed by atoms with van der Waals surface area (Å²) in [6.45, 7) is 3.95. The largest absolute Gasteiger partial charge is 0.438 e. The molecule has 2 aromatic rings. The number of halogens is 2. The molecule has 132 valence electrons. The first kappa shape index (κ1) is 18.0. The van der Waals surface area contributed by atoms with Gasteiger partial charge in [-0.2, -0.15) is 5.10 Å². The Hall–Kier alpha value is -1.80. The number of urea groups is 1. The summed E-state index contributed by atoms with van der Waals surface area (Å²) >= 11 is 6.93. The van der Waals surface area contributed by atoms with E-state index in [0.717, 1.165) is 33.5 Å². The van der Waals surface area contributed by atoms with Gasteiger partial charge >= 0.3 is 6.03 Å². The number of rotatable bonds is 4. The summed E-state index contributed by atoms with van der Waals surface area (Å²) in [5.74, 6) is 1.39. The average Bonchev–Trinajstić information content (AvgIpc) is 3.20. The van der Waals surface area contributed by atoms with Gasteiger partial charge in [-0.1, -0.05) is 15.9 Å². The van der Waals surface area contributed by atoms with Gasteiger partial charge in [0.15, 0.2) is 5.76 Å². The third-order valence-electron chi connectivity index (χ3n) is 3.85. The lowest BCUT2D eigenvalue weighted by Gasteiger charge is -2.13. The van der Waals surface area contributed by atoms with Crippen molar-refractivity contribution in [2.24, 2.45) is 5.10 Å². The van der Waals surface area contributed by atoms with Crippen LogP contribution in [0, 0.1) is 6.92 Å². The fourth-order valence-corrected chi connectivity index (χ4v) is 3.42. The highest BCUT2D eigenvalue weighted by molar-refractivity contribution is 9.10. The Labute approximate surface area is 162 Å². The lowest BCUT2D eigenvalue weighted by atomic mass is 10.2. The van der Waals surface area contributed by atoms with Gasteiger partial charge in [-0.05, 0) is 59.5 Å². The Kier molecular flexibility index (Phi) is 5.80. The van der Waals surface area contributed by atoms with Crippen molar-refractivity contribution in [2.75, 3.05) is 23.3 Å². The molecule has 0 bridgehead atoms. The maximum atomic E-state index is 11.9. The Morgan fingerprint density at radius 3 is 2.72 bits per heavy atom. The van der Waals surface area contributed by atoms with Gasteiger partial charge in [-0.25, -0.2) is 10.2 Å². The molecule has 0 radical (unpaired) electrons. The monoisotopic (exact) mass is 468 g/mol. The van der Waals surface area contributed by atoms with Gasteiger partial charge in [-0.3, -0.25) is 0 Å². The molecule has 25 heavy (non-hydrogen) atoms. The number of nitrogens with zero attached hydrogens (tertiary/aromatic N) is 2. The second kappa shape index (κ2) is 8.05. The van der Waals surface area contributed by atoms with Gasteiger partial charge in [0.1, 0.15) is 0 Å². The summed E-state index contributed by atoms with van der Waals surface area (Å²) in [7, 11) is 0. The fraction of sp³-hybridized carbons (Fsp3) is 0.294. The second-order valence-electron chi connectivity index (χ2n) is 5.78. The molecule has 0 atom stereocenters. The summed E-state index contributed by atoms with van der Waals surface area (Å²) in [5.41, 5.74) is 4.17. The van der Waals surface area contributed by atoms with Crippen molar-refractivity contribution in [1.82, 2.24) is 5.43 Å². The number of carbonyl (C=O) groups excluding carboxylic acids is 1. The maximum Gasteiger partial charge on any atom is 0.339 e. The second-order valence-corrected chi connectivity index (χ2v) is 7.49. The molecule has 2 N–H and O–H groups in total. The first-order valence-corrected chi connectivity index (χ1v) is 9.52. The average molecular weight is 470 g/mol. The van der Waals surface area contributed by atoms with Gasteiger partial charge in [0, 0.05) is 29.3 Å². The molecule has 0 aliphatic carbocycles. The molecule has 1 aliphatic rings. The van der Waals surface area contributed by atoms with E-state index in [1.54, 1.807) is 0 Å². The van der Waals surface area contributed by atoms with Gasteiger partial charge in [0.2, 0.25) is 5.88 Å². The van der Waals surface area contributed by atoms with Crippen LogP contribution >= 0.6 is 31.9 Å². The number of nitrogens with one attached hydrogen (secondary N) is 2. The van der Waals surface area contributed by atoms with Gasteiger partial charge in [0.25, 0.3) is 0 Å². The number of amides is 2. The Morgan fingerprint density at radius 2 is 2.00 bits per heavy atom. The van der Waals surface area contributed by atoms with Crippen LogP contribution in [0.3, 0.4) is 0 Å². The first-order valence-electron chi connectivity index (χ1n) is 7.93. The highest BCUT2D eigenvalue weighted by atomic mass is 79.9. The van der Waals surface area contributed by atoms with Crippen LogP contribution in [0.2, 0.25) is 0 Å². The van der Waals surface area contributed by atoms with Crippen LogP contribution in [0.5, 0.6) is 0 Å². The van der Waals surface area contributed by atoms with E-state index in [0.29, 0.717) is 11.4 Å². The van der Waals surface area contributed by atoms with Crippen molar-refractivity contribution in [3.8, 4) is 0 Å². The predicted molar refractivity (Wildman–Crippen MR) is 106 cm³/mol. The lowest BCUT2D eigenvalue weighted by molar-refractivity contribution is 0.252. The molecule has 8 heteroatoms. The minimum absolute atomic E-state index is 0.414. The molecular weight excluding hydrogens is 452 g/mol. The summed E-state index contributed by atoms with van der Waals surface area (Å²) in [6, 6.07) is 7.00. The summed E-state index contributed by atoms with van der Waals surface area (Å²) in [4.78, 5) is 14.1. The Bertz CT molecular complexity index is 798. The van der Waals surface area contributed by atoms with Gasteiger partial charge < -0.3 is 14.6 Å². The van der Waals surface area contributed by atoms with Gasteiger partial charge in [-0.15, -0.1) is 0 Å². The summed E-state index contributed by atoms with van der Waals surface area (Å²) in [6.07, 6.45) is 3.83. The molecule has 0 unspecified atom stereocenters. The van der Waals surface area contributed by atoms with Crippen LogP contribution < -0.4 is 15.6 Å². The zero-order valence-electron chi connectivity index (χ0n) is 13.7. The Balaban J connectivity index is 1.56. The van der Waals surface area contributed by atoms with Crippen molar-refractivity contribution >= 4 is 55.7 Å². The molecule has 1 saturated heterocycles. The number of aryl methyl sites for hydroxylation is 1. The van der Waals surface area contributed by atoms with Crippen molar-refractivity contribution in [2.45, 2.75) is 19.8 Å². The van der Waals surface area contributed by atoms with Crippen molar-refractivity contribution in [3.05, 3.63) is 44.5 Å². The smallest absolute Gasteiger partial charge is 0.339 e. The third-order valence-corrected chi connectivity index (χ3v) is 5.31. The van der Waals surface area contributed by atoms with E-state index in [-0.39, 0.29) is 0 Å². The van der Waals surface area contributed by atoms with Crippen molar-refractivity contribution in [3.63, 3.8) is 0 Å². The van der Waals surface area contributed by atoms with E-state index < -0.39 is 6.03 Å². The van der Waals surface area contributed by atoms with E-state index in [2.05, 4.69) is 52.6 Å². The number of hydrogen-bond acceptors (Lipinski definition) is 4. The number of hydrogen-bond donors (Lipinski definition) is 2. The Morgan fingerprint density at radius 1 is 1.24 bits per heavy atom. The topological polar surface area (TPSA) is 69.9 Å². The minimum atomic E-state index is -0.414. The standard InChI is InChI=1S/C17H18Br2N4O2/c1-11-8-12(4-5-14(11)18)21-17(24)22-20-10-13-9-15(19)16(25-13)23-6-2-3-7-23/h4-5,8-10H,2-3,6-7H2,1H3,(H2,21,22,24)/b20-10+. The number of benzene rings is 1. The van der Waals surface area contributed by atoms with Crippen LogP contribution in [0.15, 0.2) is 42.7 Å². The molecule has 2 amide bonds.